The molecule has 2 rings (SSSR count). The van der Waals surface area contributed by atoms with E-state index in [-0.39, 0.29) is 18.3 Å². The van der Waals surface area contributed by atoms with Gasteiger partial charge in [-0.1, -0.05) is 0 Å². The summed E-state index contributed by atoms with van der Waals surface area (Å²) in [5, 5.41) is 12.0. The molecule has 0 bridgehead atoms. The van der Waals surface area contributed by atoms with Gasteiger partial charge in [0.2, 0.25) is 0 Å². The van der Waals surface area contributed by atoms with Gasteiger partial charge in [0.1, 0.15) is 0 Å². The number of halogens is 1. The Labute approximate surface area is 84.3 Å². The molecule has 0 atom stereocenters. The average Bonchev–Trinajstić information content (AvgIpc) is 2.01. The molecule has 0 aromatic carbocycles. The predicted octanol–water partition coefficient (Wildman–Crippen LogP) is 1.27. The molecule has 1 spiro atoms. The van der Waals surface area contributed by atoms with E-state index in [9.17, 15) is 4.79 Å². The Morgan fingerprint density at radius 2 is 1.85 bits per heavy atom. The Bertz CT molecular complexity index is 194. The Hall–Kier alpha value is -0.280. The first-order valence-corrected chi connectivity index (χ1v) is 4.65. The van der Waals surface area contributed by atoms with E-state index in [2.05, 4.69) is 5.32 Å². The summed E-state index contributed by atoms with van der Waals surface area (Å²) in [6, 6.07) is 0. The van der Waals surface area contributed by atoms with E-state index >= 15 is 0 Å². The molecule has 1 aliphatic carbocycles. The van der Waals surface area contributed by atoms with Gasteiger partial charge in [0.25, 0.3) is 0 Å². The zero-order chi connectivity index (χ0) is 8.60. The highest BCUT2D eigenvalue weighted by atomic mass is 35.5. The molecule has 0 unspecified atom stereocenters. The second-order valence-electron chi connectivity index (χ2n) is 4.19. The fourth-order valence-electron chi connectivity index (χ4n) is 2.53. The Morgan fingerprint density at radius 1 is 1.31 bits per heavy atom. The summed E-state index contributed by atoms with van der Waals surface area (Å²) in [5.41, 5.74) is 0.411. The van der Waals surface area contributed by atoms with Crippen LogP contribution in [0.5, 0.6) is 0 Å². The first kappa shape index (κ1) is 10.8. The quantitative estimate of drug-likeness (QED) is 0.678. The molecule has 0 aromatic rings. The number of hydrogen-bond donors (Lipinski definition) is 2. The summed E-state index contributed by atoms with van der Waals surface area (Å²) in [5.74, 6) is -0.637. The van der Waals surface area contributed by atoms with E-state index in [0.717, 1.165) is 25.9 Å². The molecule has 2 aliphatic rings. The van der Waals surface area contributed by atoms with Gasteiger partial charge in [-0.25, -0.2) is 0 Å². The smallest absolute Gasteiger partial charge is 0.306 e. The monoisotopic (exact) mass is 205 g/mol. The van der Waals surface area contributed by atoms with Crippen molar-refractivity contribution in [1.82, 2.24) is 5.32 Å². The molecule has 4 heteroatoms. The number of carboxylic acid groups (broad SMARTS) is 1. The molecule has 1 heterocycles. The zero-order valence-corrected chi connectivity index (χ0v) is 8.40. The lowest BCUT2D eigenvalue weighted by Crippen LogP contribution is -2.47. The highest BCUT2D eigenvalue weighted by Crippen LogP contribution is 2.51. The van der Waals surface area contributed by atoms with Gasteiger partial charge >= 0.3 is 5.97 Å². The van der Waals surface area contributed by atoms with Crippen LogP contribution in [-0.2, 0) is 4.79 Å². The maximum Gasteiger partial charge on any atom is 0.306 e. The fraction of sp³-hybridized carbons (Fsp3) is 0.889. The Kier molecular flexibility index (Phi) is 3.19. The van der Waals surface area contributed by atoms with Gasteiger partial charge in [-0.05, 0) is 44.2 Å². The maximum atomic E-state index is 10.6. The minimum Gasteiger partial charge on any atom is -0.481 e. The van der Waals surface area contributed by atoms with Crippen LogP contribution < -0.4 is 5.32 Å². The number of rotatable bonds is 1. The van der Waals surface area contributed by atoms with E-state index in [1.165, 1.54) is 12.8 Å². The molecule has 76 valence electrons. The standard InChI is InChI=1S/C9H15NO2.ClH/c11-8(12)7-5-9(6-7)1-3-10-4-2-9;/h7,10H,1-6H2,(H,11,12);1H. The molecule has 3 nitrogen and oxygen atoms in total. The zero-order valence-electron chi connectivity index (χ0n) is 7.58. The van der Waals surface area contributed by atoms with Gasteiger partial charge in [0.05, 0.1) is 5.92 Å². The number of carboxylic acids is 1. The number of hydrogen-bond acceptors (Lipinski definition) is 2. The lowest BCUT2D eigenvalue weighted by Gasteiger charge is -2.48. The molecule has 1 saturated carbocycles. The molecule has 0 amide bonds. The highest BCUT2D eigenvalue weighted by Gasteiger charge is 2.47. The van der Waals surface area contributed by atoms with Crippen LogP contribution in [0.4, 0.5) is 0 Å². The third-order valence-electron chi connectivity index (χ3n) is 3.37. The van der Waals surface area contributed by atoms with Crippen molar-refractivity contribution in [2.24, 2.45) is 11.3 Å². The van der Waals surface area contributed by atoms with Crippen molar-refractivity contribution in [1.29, 1.82) is 0 Å². The molecule has 0 radical (unpaired) electrons. The topological polar surface area (TPSA) is 49.3 Å². The minimum absolute atomic E-state index is 0. The minimum atomic E-state index is -0.598. The van der Waals surface area contributed by atoms with Crippen LogP contribution >= 0.6 is 12.4 Å². The number of aliphatic carboxylic acids is 1. The summed E-state index contributed by atoms with van der Waals surface area (Å²) in [4.78, 5) is 10.6. The van der Waals surface area contributed by atoms with Gasteiger partial charge in [-0.15, -0.1) is 12.4 Å². The van der Waals surface area contributed by atoms with Gasteiger partial charge in [-0.2, -0.15) is 0 Å². The van der Waals surface area contributed by atoms with Gasteiger partial charge in [0.15, 0.2) is 0 Å². The largest absolute Gasteiger partial charge is 0.481 e. The van der Waals surface area contributed by atoms with Gasteiger partial charge in [-0.3, -0.25) is 4.79 Å². The van der Waals surface area contributed by atoms with Crippen LogP contribution in [0.3, 0.4) is 0 Å². The Morgan fingerprint density at radius 3 is 2.31 bits per heavy atom. The van der Waals surface area contributed by atoms with Crippen LogP contribution in [0.1, 0.15) is 25.7 Å². The van der Waals surface area contributed by atoms with E-state index < -0.39 is 5.97 Å². The lowest BCUT2D eigenvalue weighted by atomic mass is 9.58. The van der Waals surface area contributed by atoms with Crippen LogP contribution in [-0.4, -0.2) is 24.2 Å². The van der Waals surface area contributed by atoms with Crippen molar-refractivity contribution in [3.63, 3.8) is 0 Å². The normalized spacial score (nSPS) is 26.2. The molecule has 1 aliphatic heterocycles. The maximum absolute atomic E-state index is 10.6. The van der Waals surface area contributed by atoms with E-state index in [1.807, 2.05) is 0 Å². The average molecular weight is 206 g/mol. The molecule has 0 aromatic heterocycles. The van der Waals surface area contributed by atoms with Crippen LogP contribution in [0.15, 0.2) is 0 Å². The van der Waals surface area contributed by atoms with Crippen molar-refractivity contribution in [2.45, 2.75) is 25.7 Å². The number of carbonyl (C=O) groups is 1. The second kappa shape index (κ2) is 3.84. The molecule has 13 heavy (non-hydrogen) atoms. The third-order valence-corrected chi connectivity index (χ3v) is 3.37. The number of nitrogens with one attached hydrogen (secondary N) is 1. The van der Waals surface area contributed by atoms with E-state index in [1.54, 1.807) is 0 Å². The van der Waals surface area contributed by atoms with Gasteiger partial charge < -0.3 is 10.4 Å². The van der Waals surface area contributed by atoms with Crippen molar-refractivity contribution >= 4 is 18.4 Å². The van der Waals surface area contributed by atoms with Crippen molar-refractivity contribution in [2.75, 3.05) is 13.1 Å². The summed E-state index contributed by atoms with van der Waals surface area (Å²) < 4.78 is 0. The fourth-order valence-corrected chi connectivity index (χ4v) is 2.53. The molecule has 1 saturated heterocycles. The molecule has 2 N–H and O–H groups in total. The predicted molar refractivity (Wildman–Crippen MR) is 52.1 cm³/mol. The molecular formula is C9H16ClNO2. The first-order valence-electron chi connectivity index (χ1n) is 4.65. The molecular weight excluding hydrogens is 190 g/mol. The van der Waals surface area contributed by atoms with Crippen LogP contribution in [0, 0.1) is 11.3 Å². The second-order valence-corrected chi connectivity index (χ2v) is 4.19. The van der Waals surface area contributed by atoms with Crippen molar-refractivity contribution in [3.8, 4) is 0 Å². The van der Waals surface area contributed by atoms with Crippen molar-refractivity contribution < 1.29 is 9.90 Å². The molecule has 2 fully saturated rings. The highest BCUT2D eigenvalue weighted by molar-refractivity contribution is 5.85. The SMILES string of the molecule is Cl.O=C(O)C1CC2(CCNCC2)C1. The van der Waals surface area contributed by atoms with Gasteiger partial charge in [0, 0.05) is 0 Å². The summed E-state index contributed by atoms with van der Waals surface area (Å²) >= 11 is 0. The Balaban J connectivity index is 0.000000845. The first-order chi connectivity index (χ1) is 5.72. The van der Waals surface area contributed by atoms with Crippen LogP contribution in [0.2, 0.25) is 0 Å². The summed E-state index contributed by atoms with van der Waals surface area (Å²) in [6.07, 6.45) is 4.20. The summed E-state index contributed by atoms with van der Waals surface area (Å²) in [7, 11) is 0. The lowest BCUT2D eigenvalue weighted by molar-refractivity contribution is -0.151. The van der Waals surface area contributed by atoms with Crippen molar-refractivity contribution in [3.05, 3.63) is 0 Å². The third kappa shape index (κ3) is 1.97. The van der Waals surface area contributed by atoms with E-state index in [4.69, 9.17) is 5.11 Å². The number of piperidine rings is 1. The van der Waals surface area contributed by atoms with E-state index in [0.29, 0.717) is 5.41 Å². The van der Waals surface area contributed by atoms with Crippen LogP contribution in [0.25, 0.3) is 0 Å². The summed E-state index contributed by atoms with van der Waals surface area (Å²) in [6.45, 7) is 2.15.